The molecular formula is C17H30N6O. The van der Waals surface area contributed by atoms with E-state index in [2.05, 4.69) is 47.6 Å². The number of rotatable bonds is 4. The maximum atomic E-state index is 6.08. The lowest BCUT2D eigenvalue weighted by molar-refractivity contribution is 0.122. The van der Waals surface area contributed by atoms with Crippen molar-refractivity contribution in [1.29, 1.82) is 0 Å². The van der Waals surface area contributed by atoms with Gasteiger partial charge in [0.05, 0.1) is 13.2 Å². The third kappa shape index (κ3) is 3.57. The number of nitrogen functional groups attached to an aromatic ring is 1. The van der Waals surface area contributed by atoms with Crippen LogP contribution in [0.4, 0.5) is 17.6 Å². The maximum Gasteiger partial charge on any atom is 0.229 e. The van der Waals surface area contributed by atoms with Crippen LogP contribution in [0, 0.1) is 11.8 Å². The average Bonchev–Trinajstić information content (AvgIpc) is 3.01. The quantitative estimate of drug-likeness (QED) is 0.878. The first kappa shape index (κ1) is 17.2. The van der Waals surface area contributed by atoms with Gasteiger partial charge in [-0.1, -0.05) is 13.8 Å². The SMILES string of the molecule is CC(C)[C@@H]1CN(c2cc(N)nc(N3CCOCC3)n2)C[C@H]1N(C)C. The Morgan fingerprint density at radius 1 is 1.17 bits per heavy atom. The summed E-state index contributed by atoms with van der Waals surface area (Å²) in [7, 11) is 4.33. The highest BCUT2D eigenvalue weighted by Gasteiger charge is 2.36. The van der Waals surface area contributed by atoms with Crippen LogP contribution in [0.25, 0.3) is 0 Å². The summed E-state index contributed by atoms with van der Waals surface area (Å²) in [5, 5.41) is 0. The summed E-state index contributed by atoms with van der Waals surface area (Å²) in [5.41, 5.74) is 6.08. The van der Waals surface area contributed by atoms with Gasteiger partial charge in [0.25, 0.3) is 0 Å². The Morgan fingerprint density at radius 2 is 1.88 bits per heavy atom. The van der Waals surface area contributed by atoms with E-state index in [9.17, 15) is 0 Å². The Balaban J connectivity index is 1.82. The van der Waals surface area contributed by atoms with E-state index in [1.165, 1.54) is 0 Å². The Hall–Kier alpha value is -1.60. The summed E-state index contributed by atoms with van der Waals surface area (Å²) >= 11 is 0. The van der Waals surface area contributed by atoms with Gasteiger partial charge in [0.15, 0.2) is 0 Å². The Morgan fingerprint density at radius 3 is 2.46 bits per heavy atom. The van der Waals surface area contributed by atoms with E-state index in [1.54, 1.807) is 0 Å². The molecule has 2 aliphatic rings. The van der Waals surface area contributed by atoms with Crippen molar-refractivity contribution in [2.24, 2.45) is 11.8 Å². The second kappa shape index (κ2) is 7.11. The predicted octanol–water partition coefficient (Wildman–Crippen LogP) is 0.918. The highest BCUT2D eigenvalue weighted by molar-refractivity contribution is 5.53. The molecule has 2 aliphatic heterocycles. The lowest BCUT2D eigenvalue weighted by Gasteiger charge is -2.28. The van der Waals surface area contributed by atoms with E-state index < -0.39 is 0 Å². The molecule has 1 aromatic rings. The molecule has 0 aromatic carbocycles. The molecule has 2 fully saturated rings. The van der Waals surface area contributed by atoms with Gasteiger partial charge in [-0.3, -0.25) is 0 Å². The van der Waals surface area contributed by atoms with Crippen molar-refractivity contribution in [3.63, 3.8) is 0 Å². The third-order valence-corrected chi connectivity index (χ3v) is 5.19. The van der Waals surface area contributed by atoms with Gasteiger partial charge in [-0.05, 0) is 25.9 Å². The second-order valence-corrected chi connectivity index (χ2v) is 7.39. The molecule has 0 unspecified atom stereocenters. The molecule has 7 heteroatoms. The van der Waals surface area contributed by atoms with Crippen LogP contribution in [-0.2, 0) is 4.74 Å². The molecule has 0 bridgehead atoms. The summed E-state index contributed by atoms with van der Waals surface area (Å²) in [6.45, 7) is 9.67. The smallest absolute Gasteiger partial charge is 0.229 e. The second-order valence-electron chi connectivity index (χ2n) is 7.39. The van der Waals surface area contributed by atoms with E-state index in [4.69, 9.17) is 15.5 Å². The molecule has 0 amide bonds. The van der Waals surface area contributed by atoms with Crippen LogP contribution < -0.4 is 15.5 Å². The molecule has 2 atom stereocenters. The van der Waals surface area contributed by atoms with Crippen molar-refractivity contribution < 1.29 is 4.74 Å². The standard InChI is InChI=1S/C17H30N6O/c1-12(2)13-10-23(11-14(13)21(3)4)16-9-15(18)19-17(20-16)22-5-7-24-8-6-22/h9,12-14H,5-8,10-11H2,1-4H3,(H2,18,19,20)/t13-,14+/m0/s1. The zero-order valence-corrected chi connectivity index (χ0v) is 15.3. The summed E-state index contributed by atoms with van der Waals surface area (Å²) in [6.07, 6.45) is 0. The van der Waals surface area contributed by atoms with Gasteiger partial charge < -0.3 is 25.2 Å². The van der Waals surface area contributed by atoms with Gasteiger partial charge in [-0.15, -0.1) is 0 Å². The van der Waals surface area contributed by atoms with Gasteiger partial charge in [0.2, 0.25) is 5.95 Å². The fourth-order valence-corrected chi connectivity index (χ4v) is 3.71. The Kier molecular flexibility index (Phi) is 5.10. The number of anilines is 3. The molecule has 2 N–H and O–H groups in total. The van der Waals surface area contributed by atoms with Crippen LogP contribution >= 0.6 is 0 Å². The fourth-order valence-electron chi connectivity index (χ4n) is 3.71. The van der Waals surface area contributed by atoms with Crippen molar-refractivity contribution >= 4 is 17.6 Å². The monoisotopic (exact) mass is 334 g/mol. The first-order chi connectivity index (χ1) is 11.5. The molecule has 3 rings (SSSR count). The number of nitrogens with zero attached hydrogens (tertiary/aromatic N) is 5. The van der Waals surface area contributed by atoms with Crippen molar-refractivity contribution in [2.45, 2.75) is 19.9 Å². The van der Waals surface area contributed by atoms with Gasteiger partial charge in [-0.25, -0.2) is 0 Å². The molecule has 0 spiro atoms. The number of aromatic nitrogens is 2. The van der Waals surface area contributed by atoms with Crippen LogP contribution in [0.2, 0.25) is 0 Å². The van der Waals surface area contributed by atoms with Crippen molar-refractivity contribution in [3.05, 3.63) is 6.07 Å². The van der Waals surface area contributed by atoms with Gasteiger partial charge in [0.1, 0.15) is 11.6 Å². The minimum absolute atomic E-state index is 0.535. The molecule has 24 heavy (non-hydrogen) atoms. The molecule has 134 valence electrons. The van der Waals surface area contributed by atoms with Crippen molar-refractivity contribution in [3.8, 4) is 0 Å². The molecule has 0 radical (unpaired) electrons. The van der Waals surface area contributed by atoms with Gasteiger partial charge in [0, 0.05) is 38.3 Å². The van der Waals surface area contributed by atoms with E-state index in [1.807, 2.05) is 6.07 Å². The average molecular weight is 334 g/mol. The highest BCUT2D eigenvalue weighted by Crippen LogP contribution is 2.31. The van der Waals surface area contributed by atoms with Crippen molar-refractivity contribution in [2.75, 3.05) is 69.0 Å². The van der Waals surface area contributed by atoms with Crippen LogP contribution in [0.1, 0.15) is 13.8 Å². The molecular weight excluding hydrogens is 304 g/mol. The number of nitrogens with two attached hydrogens (primary N) is 1. The Labute approximate surface area is 144 Å². The Bertz CT molecular complexity index is 542. The number of ether oxygens (including phenoxy) is 1. The molecule has 0 aliphatic carbocycles. The van der Waals surface area contributed by atoms with Crippen LogP contribution in [0.3, 0.4) is 0 Å². The highest BCUT2D eigenvalue weighted by atomic mass is 16.5. The number of hydrogen-bond acceptors (Lipinski definition) is 7. The van der Waals surface area contributed by atoms with Crippen LogP contribution in [0.5, 0.6) is 0 Å². The first-order valence-electron chi connectivity index (χ1n) is 8.84. The van der Waals surface area contributed by atoms with Crippen LogP contribution in [0.15, 0.2) is 6.07 Å². The topological polar surface area (TPSA) is 70.8 Å². The molecule has 0 saturated carbocycles. The van der Waals surface area contributed by atoms with Crippen molar-refractivity contribution in [1.82, 2.24) is 14.9 Å². The summed E-state index contributed by atoms with van der Waals surface area (Å²) in [4.78, 5) is 16.1. The number of morpholine rings is 1. The zero-order valence-electron chi connectivity index (χ0n) is 15.3. The zero-order chi connectivity index (χ0) is 17.3. The summed E-state index contributed by atoms with van der Waals surface area (Å²) < 4.78 is 5.42. The number of likely N-dealkylation sites (N-methyl/N-ethyl adjacent to an activating group) is 1. The van der Waals surface area contributed by atoms with E-state index in [0.29, 0.717) is 23.7 Å². The fraction of sp³-hybridized carbons (Fsp3) is 0.765. The molecule has 2 saturated heterocycles. The maximum absolute atomic E-state index is 6.08. The summed E-state index contributed by atoms with van der Waals surface area (Å²) in [5.74, 6) is 3.47. The van der Waals surface area contributed by atoms with Crippen LogP contribution in [-0.4, -0.2) is 74.4 Å². The molecule has 7 nitrogen and oxygen atoms in total. The third-order valence-electron chi connectivity index (χ3n) is 5.19. The van der Waals surface area contributed by atoms with Gasteiger partial charge in [-0.2, -0.15) is 9.97 Å². The summed E-state index contributed by atoms with van der Waals surface area (Å²) in [6, 6.07) is 2.44. The van der Waals surface area contributed by atoms with Gasteiger partial charge >= 0.3 is 0 Å². The van der Waals surface area contributed by atoms with E-state index in [-0.39, 0.29) is 0 Å². The lowest BCUT2D eigenvalue weighted by Crippen LogP contribution is -2.38. The first-order valence-corrected chi connectivity index (χ1v) is 8.84. The van der Waals surface area contributed by atoms with E-state index in [0.717, 1.165) is 51.2 Å². The normalized spacial score (nSPS) is 25.1. The minimum atomic E-state index is 0.535. The van der Waals surface area contributed by atoms with E-state index >= 15 is 0 Å². The minimum Gasteiger partial charge on any atom is -0.383 e. The predicted molar refractivity (Wildman–Crippen MR) is 97.5 cm³/mol. The largest absolute Gasteiger partial charge is 0.383 e. The molecule has 1 aromatic heterocycles. The lowest BCUT2D eigenvalue weighted by atomic mass is 9.91. The number of hydrogen-bond donors (Lipinski definition) is 1. The molecule has 3 heterocycles.